The van der Waals surface area contributed by atoms with Crippen molar-refractivity contribution in [1.82, 2.24) is 10.6 Å². The number of benzene rings is 1. The molecule has 0 bridgehead atoms. The topological polar surface area (TPSA) is 74.8 Å². The number of anilines is 1. The van der Waals surface area contributed by atoms with Gasteiger partial charge in [0.2, 0.25) is 5.91 Å². The van der Waals surface area contributed by atoms with E-state index in [0.717, 1.165) is 16.7 Å². The standard InChI is InChI=1S/C16H25BrN4O2.HI/c1-4-18-16(20-12(2)11-23-3)19-10-9-15(22)21-14-7-5-13(17)6-8-14;/h5-8,12H,4,9-11H2,1-3H3,(H,21,22)(H2,18,19,20);1H. The van der Waals surface area contributed by atoms with Crippen LogP contribution in [-0.2, 0) is 9.53 Å². The summed E-state index contributed by atoms with van der Waals surface area (Å²) in [5.74, 6) is 0.630. The molecule has 3 N–H and O–H groups in total. The van der Waals surface area contributed by atoms with Gasteiger partial charge in [0.05, 0.1) is 13.2 Å². The minimum absolute atomic E-state index is 0. The summed E-state index contributed by atoms with van der Waals surface area (Å²) >= 11 is 3.36. The number of hydrogen-bond acceptors (Lipinski definition) is 3. The number of nitrogens with one attached hydrogen (secondary N) is 3. The summed E-state index contributed by atoms with van der Waals surface area (Å²) in [5.41, 5.74) is 0.779. The van der Waals surface area contributed by atoms with Crippen LogP contribution in [0.3, 0.4) is 0 Å². The van der Waals surface area contributed by atoms with E-state index >= 15 is 0 Å². The predicted molar refractivity (Wildman–Crippen MR) is 113 cm³/mol. The Bertz CT molecular complexity index is 511. The Balaban J connectivity index is 0.00000529. The van der Waals surface area contributed by atoms with E-state index in [4.69, 9.17) is 4.74 Å². The van der Waals surface area contributed by atoms with Gasteiger partial charge < -0.3 is 20.7 Å². The number of carbonyl (C=O) groups excluding carboxylic acids is 1. The van der Waals surface area contributed by atoms with Crippen molar-refractivity contribution < 1.29 is 9.53 Å². The highest BCUT2D eigenvalue weighted by Crippen LogP contribution is 2.14. The van der Waals surface area contributed by atoms with Crippen LogP contribution in [-0.4, -0.2) is 44.7 Å². The molecule has 0 heterocycles. The summed E-state index contributed by atoms with van der Waals surface area (Å²) in [6.07, 6.45) is 0.325. The molecule has 0 saturated carbocycles. The minimum atomic E-state index is -0.0585. The molecule has 1 atom stereocenters. The van der Waals surface area contributed by atoms with Crippen molar-refractivity contribution in [1.29, 1.82) is 0 Å². The van der Waals surface area contributed by atoms with Crippen molar-refractivity contribution in [2.24, 2.45) is 4.99 Å². The highest BCUT2D eigenvalue weighted by Gasteiger charge is 2.05. The number of halogens is 2. The molecule has 0 saturated heterocycles. The van der Waals surface area contributed by atoms with Crippen LogP contribution in [0.25, 0.3) is 0 Å². The second kappa shape index (κ2) is 13.4. The Morgan fingerprint density at radius 1 is 1.33 bits per heavy atom. The van der Waals surface area contributed by atoms with Crippen molar-refractivity contribution in [3.05, 3.63) is 28.7 Å². The minimum Gasteiger partial charge on any atom is -0.383 e. The van der Waals surface area contributed by atoms with Gasteiger partial charge in [-0.25, -0.2) is 0 Å². The lowest BCUT2D eigenvalue weighted by Crippen LogP contribution is -2.44. The first-order valence-electron chi connectivity index (χ1n) is 7.64. The summed E-state index contributed by atoms with van der Waals surface area (Å²) in [5, 5.41) is 9.22. The summed E-state index contributed by atoms with van der Waals surface area (Å²) < 4.78 is 6.07. The van der Waals surface area contributed by atoms with Crippen molar-refractivity contribution in [3.63, 3.8) is 0 Å². The molecule has 1 aromatic carbocycles. The zero-order valence-corrected chi connectivity index (χ0v) is 18.2. The Morgan fingerprint density at radius 3 is 2.58 bits per heavy atom. The van der Waals surface area contributed by atoms with E-state index in [2.05, 4.69) is 36.9 Å². The highest BCUT2D eigenvalue weighted by atomic mass is 127. The normalized spacial score (nSPS) is 12.1. The van der Waals surface area contributed by atoms with Gasteiger partial charge in [-0.3, -0.25) is 9.79 Å². The molecule has 0 aliphatic carbocycles. The van der Waals surface area contributed by atoms with E-state index in [9.17, 15) is 4.79 Å². The first kappa shape index (κ1) is 23.1. The Kier molecular flexibility index (Phi) is 12.9. The molecule has 0 aliphatic rings. The summed E-state index contributed by atoms with van der Waals surface area (Å²) in [6.45, 7) is 5.78. The number of amides is 1. The highest BCUT2D eigenvalue weighted by molar-refractivity contribution is 14.0. The van der Waals surface area contributed by atoms with E-state index in [1.54, 1.807) is 7.11 Å². The van der Waals surface area contributed by atoms with Gasteiger partial charge in [0.25, 0.3) is 0 Å². The third kappa shape index (κ3) is 10.1. The van der Waals surface area contributed by atoms with Crippen LogP contribution in [0.4, 0.5) is 5.69 Å². The molecule has 136 valence electrons. The number of carbonyl (C=O) groups is 1. The zero-order valence-electron chi connectivity index (χ0n) is 14.3. The van der Waals surface area contributed by atoms with Crippen molar-refractivity contribution >= 4 is 57.5 Å². The lowest BCUT2D eigenvalue weighted by Gasteiger charge is -2.16. The van der Waals surface area contributed by atoms with E-state index in [1.807, 2.05) is 38.1 Å². The number of aliphatic imine (C=N–C) groups is 1. The van der Waals surface area contributed by atoms with E-state index in [1.165, 1.54) is 0 Å². The molecule has 1 unspecified atom stereocenters. The van der Waals surface area contributed by atoms with Crippen LogP contribution in [0.2, 0.25) is 0 Å². The molecule has 1 rings (SSSR count). The summed E-state index contributed by atoms with van der Waals surface area (Å²) in [4.78, 5) is 16.3. The second-order valence-electron chi connectivity index (χ2n) is 5.07. The second-order valence-corrected chi connectivity index (χ2v) is 5.98. The first-order chi connectivity index (χ1) is 11.0. The fourth-order valence-corrected chi connectivity index (χ4v) is 2.14. The molecule has 0 radical (unpaired) electrons. The van der Waals surface area contributed by atoms with Gasteiger partial charge in [0.1, 0.15) is 0 Å². The number of hydrogen-bond donors (Lipinski definition) is 3. The third-order valence-electron chi connectivity index (χ3n) is 2.88. The number of rotatable bonds is 8. The maximum Gasteiger partial charge on any atom is 0.226 e. The van der Waals surface area contributed by atoms with Gasteiger partial charge in [0.15, 0.2) is 5.96 Å². The molecule has 0 aliphatic heterocycles. The van der Waals surface area contributed by atoms with Gasteiger partial charge in [-0.05, 0) is 38.1 Å². The maximum atomic E-state index is 11.9. The largest absolute Gasteiger partial charge is 0.383 e. The molecule has 0 fully saturated rings. The summed E-state index contributed by atoms with van der Waals surface area (Å²) in [6, 6.07) is 7.62. The fourth-order valence-electron chi connectivity index (χ4n) is 1.87. The van der Waals surface area contributed by atoms with E-state index < -0.39 is 0 Å². The Morgan fingerprint density at radius 2 is 2.00 bits per heavy atom. The van der Waals surface area contributed by atoms with Crippen molar-refractivity contribution in [2.45, 2.75) is 26.3 Å². The van der Waals surface area contributed by atoms with Gasteiger partial charge in [-0.2, -0.15) is 0 Å². The third-order valence-corrected chi connectivity index (χ3v) is 3.41. The van der Waals surface area contributed by atoms with Crippen molar-refractivity contribution in [2.75, 3.05) is 32.1 Å². The smallest absolute Gasteiger partial charge is 0.226 e. The lowest BCUT2D eigenvalue weighted by atomic mass is 10.3. The first-order valence-corrected chi connectivity index (χ1v) is 8.43. The molecule has 6 nitrogen and oxygen atoms in total. The van der Waals surface area contributed by atoms with Crippen LogP contribution in [0.15, 0.2) is 33.7 Å². The van der Waals surface area contributed by atoms with Gasteiger partial charge in [-0.1, -0.05) is 15.9 Å². The number of methoxy groups -OCH3 is 1. The van der Waals surface area contributed by atoms with Crippen LogP contribution in [0.1, 0.15) is 20.3 Å². The van der Waals surface area contributed by atoms with Gasteiger partial charge in [-0.15, -0.1) is 24.0 Å². The van der Waals surface area contributed by atoms with Crippen LogP contribution >= 0.6 is 39.9 Å². The Hall–Kier alpha value is -0.870. The zero-order chi connectivity index (χ0) is 17.1. The maximum absolute atomic E-state index is 11.9. The molecule has 0 aromatic heterocycles. The number of nitrogens with zero attached hydrogens (tertiary/aromatic N) is 1. The molecule has 1 amide bonds. The number of guanidine groups is 1. The molecule has 8 heteroatoms. The molecule has 24 heavy (non-hydrogen) atoms. The van der Waals surface area contributed by atoms with Crippen LogP contribution in [0.5, 0.6) is 0 Å². The average Bonchev–Trinajstić information content (AvgIpc) is 2.50. The number of ether oxygens (including phenoxy) is 1. The van der Waals surface area contributed by atoms with E-state index in [-0.39, 0.29) is 35.9 Å². The van der Waals surface area contributed by atoms with Gasteiger partial charge >= 0.3 is 0 Å². The summed E-state index contributed by atoms with van der Waals surface area (Å²) in [7, 11) is 1.66. The molecular formula is C16H26BrIN4O2. The monoisotopic (exact) mass is 512 g/mol. The average molecular weight is 513 g/mol. The molecule has 0 spiro atoms. The van der Waals surface area contributed by atoms with Gasteiger partial charge in [0, 0.05) is 36.3 Å². The van der Waals surface area contributed by atoms with E-state index in [0.29, 0.717) is 25.5 Å². The Labute approximate surface area is 169 Å². The predicted octanol–water partition coefficient (Wildman–Crippen LogP) is 2.99. The van der Waals surface area contributed by atoms with Crippen molar-refractivity contribution in [3.8, 4) is 0 Å². The lowest BCUT2D eigenvalue weighted by molar-refractivity contribution is -0.116. The molecule has 1 aromatic rings. The van der Waals surface area contributed by atoms with Crippen LogP contribution < -0.4 is 16.0 Å². The van der Waals surface area contributed by atoms with Crippen LogP contribution in [0, 0.1) is 0 Å². The molecular weight excluding hydrogens is 487 g/mol. The fraction of sp³-hybridized carbons (Fsp3) is 0.500. The SMILES string of the molecule is CCNC(=NCCC(=O)Nc1ccc(Br)cc1)NC(C)COC.I. The quantitative estimate of drug-likeness (QED) is 0.284.